The molecule has 2 aromatic rings. The van der Waals surface area contributed by atoms with E-state index in [1.54, 1.807) is 19.2 Å². The van der Waals surface area contributed by atoms with E-state index in [0.717, 1.165) is 53.9 Å². The number of rotatable bonds is 5. The molecule has 2 aromatic carbocycles. The van der Waals surface area contributed by atoms with Gasteiger partial charge >= 0.3 is 0 Å². The molecule has 0 unspecified atom stereocenters. The van der Waals surface area contributed by atoms with Gasteiger partial charge in [0.05, 0.1) is 13.5 Å². The minimum atomic E-state index is -0.280. The lowest BCUT2D eigenvalue weighted by molar-refractivity contribution is -0.131. The number of benzene rings is 2. The first kappa shape index (κ1) is 31.4. The number of likely N-dealkylation sites (tertiary alicyclic amines) is 1. The maximum atomic E-state index is 13.0. The molecule has 0 aliphatic carbocycles. The number of hydrogen-bond acceptors (Lipinski definition) is 2. The summed E-state index contributed by atoms with van der Waals surface area (Å²) in [6.07, 6.45) is 3.35. The molecule has 1 heterocycles. The molecule has 1 amide bonds. The summed E-state index contributed by atoms with van der Waals surface area (Å²) in [7, 11) is 1.69. The number of methoxy groups -OCH3 is 1. The topological polar surface area (TPSA) is 29.5 Å². The summed E-state index contributed by atoms with van der Waals surface area (Å²) in [6.45, 7) is 20.0. The number of nitrogens with zero attached hydrogens (tertiary/aromatic N) is 1. The highest BCUT2D eigenvalue weighted by Crippen LogP contribution is 2.36. The van der Waals surface area contributed by atoms with Crippen LogP contribution in [0.25, 0.3) is 5.57 Å². The standard InChI is InChI=1S/C23H26FNO2.C3H8.2C2H6/c1-16-5-4-6-21(23(16)27-3)17(2)19-11-13-25(14-12-19)22(26)15-18-7-9-20(24)10-8-18;1-3-2;2*1-2/h4-10,19H,2,11-15H2,1,3H3;3H2,1-2H3;2*1-2H3. The average molecular weight is 472 g/mol. The summed E-state index contributed by atoms with van der Waals surface area (Å²) in [5, 5.41) is 0. The van der Waals surface area contributed by atoms with Crippen LogP contribution in [0.5, 0.6) is 5.75 Å². The molecule has 0 saturated carbocycles. The molecule has 0 bridgehead atoms. The molecule has 3 nitrogen and oxygen atoms in total. The summed E-state index contributed by atoms with van der Waals surface area (Å²) in [6, 6.07) is 12.3. The first-order valence-corrected chi connectivity index (χ1v) is 12.8. The van der Waals surface area contributed by atoms with E-state index in [4.69, 9.17) is 4.74 Å². The second kappa shape index (κ2) is 17.8. The van der Waals surface area contributed by atoms with Crippen molar-refractivity contribution in [2.24, 2.45) is 5.92 Å². The van der Waals surface area contributed by atoms with Crippen molar-refractivity contribution in [3.05, 3.63) is 71.6 Å². The van der Waals surface area contributed by atoms with Gasteiger partial charge in [-0.05, 0) is 54.5 Å². The first-order valence-electron chi connectivity index (χ1n) is 12.8. The molecule has 34 heavy (non-hydrogen) atoms. The Morgan fingerprint density at radius 3 is 2.06 bits per heavy atom. The highest BCUT2D eigenvalue weighted by Gasteiger charge is 2.26. The molecule has 190 valence electrons. The van der Waals surface area contributed by atoms with Gasteiger partial charge in [0, 0.05) is 18.7 Å². The summed E-state index contributed by atoms with van der Waals surface area (Å²) in [4.78, 5) is 14.4. The number of para-hydroxylation sites is 1. The Labute approximate surface area is 208 Å². The molecule has 1 aliphatic rings. The summed E-state index contributed by atoms with van der Waals surface area (Å²) >= 11 is 0. The van der Waals surface area contributed by atoms with Crippen LogP contribution < -0.4 is 4.74 Å². The van der Waals surface area contributed by atoms with Crippen molar-refractivity contribution in [3.63, 3.8) is 0 Å². The smallest absolute Gasteiger partial charge is 0.226 e. The van der Waals surface area contributed by atoms with Crippen LogP contribution in [0.4, 0.5) is 4.39 Å². The maximum Gasteiger partial charge on any atom is 0.226 e. The zero-order chi connectivity index (χ0) is 26.1. The summed E-state index contributed by atoms with van der Waals surface area (Å²) in [5.74, 6) is 1.05. The monoisotopic (exact) mass is 471 g/mol. The van der Waals surface area contributed by atoms with Gasteiger partial charge in [0.15, 0.2) is 0 Å². The van der Waals surface area contributed by atoms with Gasteiger partial charge in [-0.15, -0.1) is 0 Å². The van der Waals surface area contributed by atoms with Crippen LogP contribution in [0.15, 0.2) is 49.0 Å². The molecular weight excluding hydrogens is 425 g/mol. The van der Waals surface area contributed by atoms with Crippen molar-refractivity contribution in [1.82, 2.24) is 4.90 Å². The molecular formula is C30H46FNO2. The van der Waals surface area contributed by atoms with E-state index < -0.39 is 0 Å². The summed E-state index contributed by atoms with van der Waals surface area (Å²) < 4.78 is 18.6. The zero-order valence-electron chi connectivity index (χ0n) is 22.7. The SMILES string of the molecule is C=C(c1cccc(C)c1OC)C1CCN(C(=O)Cc2ccc(F)cc2)CC1.CC.CC.CCC. The van der Waals surface area contributed by atoms with E-state index in [0.29, 0.717) is 12.3 Å². The van der Waals surface area contributed by atoms with E-state index in [9.17, 15) is 9.18 Å². The van der Waals surface area contributed by atoms with Crippen LogP contribution in [-0.2, 0) is 11.2 Å². The van der Waals surface area contributed by atoms with Crippen LogP contribution in [0.1, 0.15) is 77.5 Å². The predicted octanol–water partition coefficient (Wildman–Crippen LogP) is 8.11. The fraction of sp³-hybridized carbons (Fsp3) is 0.500. The van der Waals surface area contributed by atoms with Gasteiger partial charge in [0.25, 0.3) is 0 Å². The first-order chi connectivity index (χ1) is 16.4. The largest absolute Gasteiger partial charge is 0.496 e. The number of allylic oxidation sites excluding steroid dienone is 1. The molecule has 1 saturated heterocycles. The van der Waals surface area contributed by atoms with Gasteiger partial charge in [-0.25, -0.2) is 4.39 Å². The molecule has 0 aromatic heterocycles. The Morgan fingerprint density at radius 2 is 1.56 bits per heavy atom. The van der Waals surface area contributed by atoms with Crippen molar-refractivity contribution < 1.29 is 13.9 Å². The lowest BCUT2D eigenvalue weighted by Crippen LogP contribution is -2.39. The minimum Gasteiger partial charge on any atom is -0.496 e. The number of carbonyl (C=O) groups is 1. The Kier molecular flexibility index (Phi) is 16.4. The molecule has 3 rings (SSSR count). The molecule has 4 heteroatoms. The zero-order valence-corrected chi connectivity index (χ0v) is 22.7. The molecule has 1 fully saturated rings. The quantitative estimate of drug-likeness (QED) is 0.441. The van der Waals surface area contributed by atoms with Crippen LogP contribution in [0.3, 0.4) is 0 Å². The highest BCUT2D eigenvalue weighted by atomic mass is 19.1. The molecule has 1 aliphatic heterocycles. The fourth-order valence-corrected chi connectivity index (χ4v) is 3.76. The van der Waals surface area contributed by atoms with Gasteiger partial charge in [-0.1, -0.05) is 84.9 Å². The van der Waals surface area contributed by atoms with Crippen molar-refractivity contribution in [2.45, 2.75) is 74.1 Å². The maximum absolute atomic E-state index is 13.0. The number of carbonyl (C=O) groups excluding carboxylic acids is 1. The third-order valence-corrected chi connectivity index (χ3v) is 5.37. The molecule has 0 atom stereocenters. The number of aryl methyl sites for hydroxylation is 1. The Balaban J connectivity index is 0.00000141. The highest BCUT2D eigenvalue weighted by molar-refractivity contribution is 5.79. The van der Waals surface area contributed by atoms with Gasteiger partial charge in [-0.3, -0.25) is 4.79 Å². The third-order valence-electron chi connectivity index (χ3n) is 5.37. The lowest BCUT2D eigenvalue weighted by atomic mass is 9.85. The molecule has 0 spiro atoms. The Bertz CT molecular complexity index is 837. The van der Waals surface area contributed by atoms with E-state index in [-0.39, 0.29) is 11.7 Å². The van der Waals surface area contributed by atoms with Crippen LogP contribution in [0.2, 0.25) is 0 Å². The number of ether oxygens (including phenoxy) is 1. The van der Waals surface area contributed by atoms with Gasteiger partial charge < -0.3 is 9.64 Å². The summed E-state index contributed by atoms with van der Waals surface area (Å²) in [5.41, 5.74) is 4.09. The van der Waals surface area contributed by atoms with Crippen molar-refractivity contribution in [2.75, 3.05) is 20.2 Å². The average Bonchev–Trinajstić information content (AvgIpc) is 2.88. The normalized spacial score (nSPS) is 12.7. The van der Waals surface area contributed by atoms with E-state index >= 15 is 0 Å². The van der Waals surface area contributed by atoms with Crippen molar-refractivity contribution >= 4 is 11.5 Å². The third kappa shape index (κ3) is 9.70. The Morgan fingerprint density at radius 1 is 1.03 bits per heavy atom. The van der Waals surface area contributed by atoms with E-state index in [1.807, 2.05) is 51.7 Å². The van der Waals surface area contributed by atoms with E-state index in [1.165, 1.54) is 18.6 Å². The van der Waals surface area contributed by atoms with Gasteiger partial charge in [-0.2, -0.15) is 0 Å². The second-order valence-electron chi connectivity index (χ2n) is 7.85. The van der Waals surface area contributed by atoms with Crippen LogP contribution >= 0.6 is 0 Å². The van der Waals surface area contributed by atoms with Crippen LogP contribution in [-0.4, -0.2) is 31.0 Å². The van der Waals surface area contributed by atoms with Gasteiger partial charge in [0.1, 0.15) is 11.6 Å². The number of halogens is 1. The van der Waals surface area contributed by atoms with Crippen molar-refractivity contribution in [3.8, 4) is 5.75 Å². The number of hydrogen-bond donors (Lipinski definition) is 0. The lowest BCUT2D eigenvalue weighted by Gasteiger charge is -2.33. The Hall–Kier alpha value is -2.62. The van der Waals surface area contributed by atoms with Crippen molar-refractivity contribution in [1.29, 1.82) is 0 Å². The number of piperidine rings is 1. The fourth-order valence-electron chi connectivity index (χ4n) is 3.76. The van der Waals surface area contributed by atoms with Crippen LogP contribution in [0, 0.1) is 18.7 Å². The minimum absolute atomic E-state index is 0.0961. The molecule has 0 radical (unpaired) electrons. The second-order valence-corrected chi connectivity index (χ2v) is 7.85. The predicted molar refractivity (Wildman–Crippen MR) is 145 cm³/mol. The van der Waals surface area contributed by atoms with E-state index in [2.05, 4.69) is 26.5 Å². The van der Waals surface area contributed by atoms with Gasteiger partial charge in [0.2, 0.25) is 5.91 Å². The number of amides is 1. The molecule has 0 N–H and O–H groups in total.